The Kier molecular flexibility index (Phi) is 3.65. The topological polar surface area (TPSA) is 66.6 Å². The Hall–Kier alpha value is -0.680. The number of carbonyl (C=O) groups excluding carboxylic acids is 1. The number of aliphatic hydroxyl groups is 1. The summed E-state index contributed by atoms with van der Waals surface area (Å²) < 4.78 is 0. The van der Waals surface area contributed by atoms with Crippen LogP contribution in [0.15, 0.2) is 0 Å². The normalized spacial score (nSPS) is 37.2. The van der Waals surface area contributed by atoms with Gasteiger partial charge in [0.15, 0.2) is 0 Å². The van der Waals surface area contributed by atoms with E-state index in [0.29, 0.717) is 24.0 Å². The number of aliphatic hydroxyl groups excluding tert-OH is 1. The Morgan fingerprint density at radius 2 is 2.17 bits per heavy atom. The summed E-state index contributed by atoms with van der Waals surface area (Å²) in [7, 11) is 0. The van der Waals surface area contributed by atoms with Crippen molar-refractivity contribution in [2.75, 3.05) is 13.1 Å². The van der Waals surface area contributed by atoms with Gasteiger partial charge in [-0.05, 0) is 32.1 Å². The molecule has 2 fully saturated rings. The molecule has 1 aliphatic heterocycles. The van der Waals surface area contributed by atoms with Crippen LogP contribution in [0.5, 0.6) is 0 Å². The zero-order valence-corrected chi connectivity index (χ0v) is 11.9. The minimum atomic E-state index is -0.595. The quantitative estimate of drug-likeness (QED) is 0.748. The second-order valence-electron chi connectivity index (χ2n) is 6.00. The lowest BCUT2D eigenvalue weighted by Crippen LogP contribution is -2.56. The lowest BCUT2D eigenvalue weighted by atomic mass is 9.61. The van der Waals surface area contributed by atoms with Crippen molar-refractivity contribution in [2.24, 2.45) is 23.0 Å². The van der Waals surface area contributed by atoms with Crippen LogP contribution in [-0.2, 0) is 4.79 Å². The van der Waals surface area contributed by atoms with E-state index < -0.39 is 5.41 Å². The average Bonchev–Trinajstić information content (AvgIpc) is 2.72. The standard InChI is InChI=1S/C13H22N2O2S/c1-8-5-13(6-8,11(14)18)12(17)15-4-3-10(7-15)9(2)16/h8-10,16H,3-7H2,1-2H3,(H2,14,18). The third-order valence-corrected chi connectivity index (χ3v) is 4.86. The van der Waals surface area contributed by atoms with Gasteiger partial charge < -0.3 is 15.7 Å². The van der Waals surface area contributed by atoms with Crippen molar-refractivity contribution in [3.05, 3.63) is 0 Å². The van der Waals surface area contributed by atoms with Crippen LogP contribution in [-0.4, -0.2) is 40.1 Å². The summed E-state index contributed by atoms with van der Waals surface area (Å²) in [5.41, 5.74) is 5.20. The maximum Gasteiger partial charge on any atom is 0.235 e. The lowest BCUT2D eigenvalue weighted by Gasteiger charge is -2.46. The van der Waals surface area contributed by atoms with Gasteiger partial charge in [-0.1, -0.05) is 19.1 Å². The monoisotopic (exact) mass is 270 g/mol. The van der Waals surface area contributed by atoms with E-state index in [0.717, 1.165) is 19.3 Å². The lowest BCUT2D eigenvalue weighted by molar-refractivity contribution is -0.143. The van der Waals surface area contributed by atoms with Crippen LogP contribution < -0.4 is 5.73 Å². The van der Waals surface area contributed by atoms with E-state index in [2.05, 4.69) is 6.92 Å². The first-order valence-electron chi connectivity index (χ1n) is 6.64. The van der Waals surface area contributed by atoms with Gasteiger partial charge in [-0.25, -0.2) is 0 Å². The predicted molar refractivity (Wildman–Crippen MR) is 74.0 cm³/mol. The molecule has 3 N–H and O–H groups in total. The second-order valence-corrected chi connectivity index (χ2v) is 6.44. The van der Waals surface area contributed by atoms with Crippen LogP contribution in [0.1, 0.15) is 33.1 Å². The van der Waals surface area contributed by atoms with Gasteiger partial charge in [0.25, 0.3) is 0 Å². The number of hydrogen-bond donors (Lipinski definition) is 2. The van der Waals surface area contributed by atoms with Gasteiger partial charge >= 0.3 is 0 Å². The second kappa shape index (κ2) is 4.78. The summed E-state index contributed by atoms with van der Waals surface area (Å²) in [6, 6.07) is 0. The molecule has 0 spiro atoms. The largest absolute Gasteiger partial charge is 0.393 e. The van der Waals surface area contributed by atoms with Crippen LogP contribution in [0.25, 0.3) is 0 Å². The van der Waals surface area contributed by atoms with E-state index in [1.807, 2.05) is 4.90 Å². The summed E-state index contributed by atoms with van der Waals surface area (Å²) in [4.78, 5) is 14.8. The molecular formula is C13H22N2O2S. The molecule has 2 rings (SSSR count). The molecule has 18 heavy (non-hydrogen) atoms. The molecule has 2 atom stereocenters. The Morgan fingerprint density at radius 3 is 2.56 bits per heavy atom. The van der Waals surface area contributed by atoms with E-state index in [9.17, 15) is 9.90 Å². The zero-order valence-electron chi connectivity index (χ0n) is 11.1. The maximum atomic E-state index is 12.6. The first-order valence-corrected chi connectivity index (χ1v) is 7.05. The number of likely N-dealkylation sites (tertiary alicyclic amines) is 1. The minimum Gasteiger partial charge on any atom is -0.393 e. The number of thiocarbonyl (C=S) groups is 1. The molecule has 1 aliphatic carbocycles. The molecule has 102 valence electrons. The van der Waals surface area contributed by atoms with Crippen LogP contribution >= 0.6 is 12.2 Å². The van der Waals surface area contributed by atoms with Gasteiger partial charge in [-0.15, -0.1) is 0 Å². The van der Waals surface area contributed by atoms with Gasteiger partial charge in [-0.3, -0.25) is 4.79 Å². The molecule has 0 aromatic carbocycles. The van der Waals surface area contributed by atoms with E-state index in [1.165, 1.54) is 0 Å². The summed E-state index contributed by atoms with van der Waals surface area (Å²) in [5.74, 6) is 0.789. The molecule has 1 heterocycles. The van der Waals surface area contributed by atoms with Crippen LogP contribution in [0.3, 0.4) is 0 Å². The van der Waals surface area contributed by atoms with Crippen molar-refractivity contribution in [2.45, 2.75) is 39.2 Å². The Labute approximate surface area is 114 Å². The molecule has 1 saturated carbocycles. The fourth-order valence-corrected chi connectivity index (χ4v) is 3.53. The number of carbonyl (C=O) groups is 1. The Bertz CT molecular complexity index is 364. The van der Waals surface area contributed by atoms with Crippen LogP contribution in [0.2, 0.25) is 0 Å². The molecule has 1 saturated heterocycles. The minimum absolute atomic E-state index is 0.0799. The first kappa shape index (κ1) is 13.7. The van der Waals surface area contributed by atoms with Crippen molar-refractivity contribution in [3.63, 3.8) is 0 Å². The molecule has 0 bridgehead atoms. The number of nitrogens with zero attached hydrogens (tertiary/aromatic N) is 1. The molecule has 0 aromatic heterocycles. The summed E-state index contributed by atoms with van der Waals surface area (Å²) in [6.45, 7) is 5.25. The molecule has 4 nitrogen and oxygen atoms in total. The number of hydrogen-bond acceptors (Lipinski definition) is 3. The summed E-state index contributed by atoms with van der Waals surface area (Å²) >= 11 is 5.11. The van der Waals surface area contributed by atoms with Gasteiger partial charge in [0.1, 0.15) is 0 Å². The highest BCUT2D eigenvalue weighted by Crippen LogP contribution is 2.47. The maximum absolute atomic E-state index is 12.6. The molecule has 0 radical (unpaired) electrons. The number of nitrogens with two attached hydrogens (primary N) is 1. The van der Waals surface area contributed by atoms with Gasteiger partial charge in [-0.2, -0.15) is 0 Å². The average molecular weight is 270 g/mol. The molecule has 1 amide bonds. The fourth-order valence-electron chi connectivity index (χ4n) is 3.28. The van der Waals surface area contributed by atoms with Crippen molar-refractivity contribution >= 4 is 23.1 Å². The molecule has 2 aliphatic rings. The Balaban J connectivity index is 2.05. The highest BCUT2D eigenvalue weighted by atomic mass is 32.1. The number of rotatable bonds is 3. The van der Waals surface area contributed by atoms with E-state index >= 15 is 0 Å². The van der Waals surface area contributed by atoms with Crippen LogP contribution in [0.4, 0.5) is 0 Å². The SMILES string of the molecule is CC1CC(C(=O)N2CCC(C(C)O)C2)(C(N)=S)C1. The fraction of sp³-hybridized carbons (Fsp3) is 0.846. The van der Waals surface area contributed by atoms with Crippen molar-refractivity contribution in [1.82, 2.24) is 4.90 Å². The molecule has 5 heteroatoms. The van der Waals surface area contributed by atoms with E-state index in [-0.39, 0.29) is 17.9 Å². The third kappa shape index (κ3) is 2.14. The van der Waals surface area contributed by atoms with Crippen molar-refractivity contribution in [1.29, 1.82) is 0 Å². The van der Waals surface area contributed by atoms with Gasteiger partial charge in [0.05, 0.1) is 16.5 Å². The number of amides is 1. The molecule has 0 aromatic rings. The third-order valence-electron chi connectivity index (χ3n) is 4.47. The first-order chi connectivity index (χ1) is 8.36. The molecule has 2 unspecified atom stereocenters. The van der Waals surface area contributed by atoms with E-state index in [4.69, 9.17) is 18.0 Å². The molecular weight excluding hydrogens is 248 g/mol. The highest BCUT2D eigenvalue weighted by molar-refractivity contribution is 7.80. The van der Waals surface area contributed by atoms with Gasteiger partial charge in [0, 0.05) is 19.0 Å². The van der Waals surface area contributed by atoms with Crippen molar-refractivity contribution in [3.8, 4) is 0 Å². The van der Waals surface area contributed by atoms with Crippen LogP contribution in [0, 0.1) is 17.3 Å². The highest BCUT2D eigenvalue weighted by Gasteiger charge is 2.53. The summed E-state index contributed by atoms with van der Waals surface area (Å²) in [6.07, 6.45) is 2.06. The smallest absolute Gasteiger partial charge is 0.235 e. The van der Waals surface area contributed by atoms with E-state index in [1.54, 1.807) is 6.92 Å². The van der Waals surface area contributed by atoms with Crippen molar-refractivity contribution < 1.29 is 9.90 Å². The predicted octanol–water partition coefficient (Wildman–Crippen LogP) is 0.918. The summed E-state index contributed by atoms with van der Waals surface area (Å²) in [5, 5.41) is 9.59. The zero-order chi connectivity index (χ0) is 13.5. The Morgan fingerprint density at radius 1 is 1.56 bits per heavy atom. The van der Waals surface area contributed by atoms with Gasteiger partial charge in [0.2, 0.25) is 5.91 Å².